The Bertz CT molecular complexity index is 346. The molecule has 0 aliphatic heterocycles. The van der Waals surface area contributed by atoms with Gasteiger partial charge in [-0.3, -0.25) is 0 Å². The summed E-state index contributed by atoms with van der Waals surface area (Å²) < 4.78 is 10.0. The lowest BCUT2D eigenvalue weighted by Crippen LogP contribution is -2.08. The molecule has 0 aliphatic carbocycles. The van der Waals surface area contributed by atoms with Crippen LogP contribution < -0.4 is 0 Å². The Morgan fingerprint density at radius 1 is 1.20 bits per heavy atom. The summed E-state index contributed by atoms with van der Waals surface area (Å²) in [6, 6.07) is 5.31. The molecule has 0 unspecified atom stereocenters. The first kappa shape index (κ1) is 12.5. The predicted octanol–water partition coefficient (Wildman–Crippen LogP) is 3.63. The van der Waals surface area contributed by atoms with Crippen molar-refractivity contribution in [3.8, 4) is 0 Å². The largest absolute Gasteiger partial charge is 0.352 e. The maximum atomic E-state index is 5.98. The van der Waals surface area contributed by atoms with Gasteiger partial charge in [0.25, 0.3) is 0 Å². The number of hydrogen-bond acceptors (Lipinski definition) is 2. The van der Waals surface area contributed by atoms with E-state index in [9.17, 15) is 0 Å². The van der Waals surface area contributed by atoms with Gasteiger partial charge in [0.2, 0.25) is 0 Å². The number of methoxy groups -OCH3 is 2. The van der Waals surface area contributed by atoms with E-state index in [2.05, 4.69) is 0 Å². The number of hydrogen-bond donors (Lipinski definition) is 0. The van der Waals surface area contributed by atoms with Crippen LogP contribution in [0, 0.1) is 0 Å². The summed E-state index contributed by atoms with van der Waals surface area (Å²) in [6.45, 7) is 0. The van der Waals surface area contributed by atoms with Crippen LogP contribution in [0.1, 0.15) is 5.56 Å². The Balaban J connectivity index is 2.80. The third-order valence-corrected chi connectivity index (χ3v) is 2.42. The zero-order chi connectivity index (χ0) is 11.3. The molecule has 0 amide bonds. The second-order valence-electron chi connectivity index (χ2n) is 2.86. The van der Waals surface area contributed by atoms with E-state index in [0.717, 1.165) is 5.56 Å². The molecule has 2 nitrogen and oxygen atoms in total. The van der Waals surface area contributed by atoms with Crippen LogP contribution in [0.2, 0.25) is 10.0 Å². The maximum Gasteiger partial charge on any atom is 0.176 e. The second kappa shape index (κ2) is 6.13. The summed E-state index contributed by atoms with van der Waals surface area (Å²) in [7, 11) is 3.14. The molecule has 0 bridgehead atoms. The standard InChI is InChI=1S/C11H12Cl2O2/c1-14-11(15-2)6-4-8-3-5-9(12)7-10(8)13/h3-7,11H,1-2H3/b6-4+. The van der Waals surface area contributed by atoms with Gasteiger partial charge in [-0.1, -0.05) is 35.3 Å². The monoisotopic (exact) mass is 246 g/mol. The molecule has 1 rings (SSSR count). The van der Waals surface area contributed by atoms with Gasteiger partial charge in [-0.15, -0.1) is 0 Å². The number of ether oxygens (including phenoxy) is 2. The van der Waals surface area contributed by atoms with Crippen LogP contribution in [0.4, 0.5) is 0 Å². The molecule has 4 heteroatoms. The molecule has 0 fully saturated rings. The maximum absolute atomic E-state index is 5.98. The molecule has 1 aromatic carbocycles. The normalized spacial score (nSPS) is 11.5. The Labute approximate surface area is 99.4 Å². The lowest BCUT2D eigenvalue weighted by atomic mass is 10.2. The zero-order valence-corrected chi connectivity index (χ0v) is 10.0. The van der Waals surface area contributed by atoms with E-state index in [1.807, 2.05) is 12.1 Å². The molecule has 0 aromatic heterocycles. The number of halogens is 2. The van der Waals surface area contributed by atoms with Crippen LogP contribution in [0.25, 0.3) is 6.08 Å². The molecule has 0 radical (unpaired) electrons. The van der Waals surface area contributed by atoms with Crippen LogP contribution in [-0.4, -0.2) is 20.5 Å². The molecule has 15 heavy (non-hydrogen) atoms. The van der Waals surface area contributed by atoms with Gasteiger partial charge >= 0.3 is 0 Å². The van der Waals surface area contributed by atoms with E-state index in [0.29, 0.717) is 10.0 Å². The Hall–Kier alpha value is -0.540. The van der Waals surface area contributed by atoms with E-state index in [1.165, 1.54) is 0 Å². The fraction of sp³-hybridized carbons (Fsp3) is 0.273. The minimum Gasteiger partial charge on any atom is -0.352 e. The summed E-state index contributed by atoms with van der Waals surface area (Å²) in [6.07, 6.45) is 3.24. The van der Waals surface area contributed by atoms with Gasteiger partial charge in [0, 0.05) is 24.3 Å². The van der Waals surface area contributed by atoms with Crippen molar-refractivity contribution in [2.24, 2.45) is 0 Å². The van der Waals surface area contributed by atoms with Crippen molar-refractivity contribution in [3.63, 3.8) is 0 Å². The highest BCUT2D eigenvalue weighted by atomic mass is 35.5. The molecule has 0 saturated heterocycles. The van der Waals surface area contributed by atoms with Crippen molar-refractivity contribution in [1.29, 1.82) is 0 Å². The molecule has 0 spiro atoms. The van der Waals surface area contributed by atoms with Gasteiger partial charge in [0.15, 0.2) is 6.29 Å². The van der Waals surface area contributed by atoms with Crippen molar-refractivity contribution < 1.29 is 9.47 Å². The Morgan fingerprint density at radius 2 is 1.87 bits per heavy atom. The average molecular weight is 247 g/mol. The molecule has 0 heterocycles. The highest BCUT2D eigenvalue weighted by molar-refractivity contribution is 6.35. The minimum absolute atomic E-state index is 0.364. The van der Waals surface area contributed by atoms with Crippen LogP contribution in [0.15, 0.2) is 24.3 Å². The first-order valence-electron chi connectivity index (χ1n) is 4.36. The van der Waals surface area contributed by atoms with Crippen molar-refractivity contribution in [2.75, 3.05) is 14.2 Å². The van der Waals surface area contributed by atoms with E-state index >= 15 is 0 Å². The summed E-state index contributed by atoms with van der Waals surface area (Å²) in [5.74, 6) is 0. The smallest absolute Gasteiger partial charge is 0.176 e. The molecule has 0 saturated carbocycles. The zero-order valence-electron chi connectivity index (χ0n) is 8.54. The van der Waals surface area contributed by atoms with Gasteiger partial charge < -0.3 is 9.47 Å². The van der Waals surface area contributed by atoms with Gasteiger partial charge in [-0.2, -0.15) is 0 Å². The van der Waals surface area contributed by atoms with Crippen LogP contribution in [-0.2, 0) is 9.47 Å². The van der Waals surface area contributed by atoms with E-state index in [1.54, 1.807) is 32.4 Å². The SMILES string of the molecule is COC(/C=C/c1ccc(Cl)cc1Cl)OC. The number of rotatable bonds is 4. The molecule has 82 valence electrons. The lowest BCUT2D eigenvalue weighted by molar-refractivity contribution is -0.0660. The number of benzene rings is 1. The average Bonchev–Trinajstić information content (AvgIpc) is 2.22. The summed E-state index contributed by atoms with van der Waals surface area (Å²) in [5, 5.41) is 1.22. The quantitative estimate of drug-likeness (QED) is 0.756. The predicted molar refractivity (Wildman–Crippen MR) is 63.3 cm³/mol. The highest BCUT2D eigenvalue weighted by Crippen LogP contribution is 2.22. The molecule has 0 atom stereocenters. The highest BCUT2D eigenvalue weighted by Gasteiger charge is 2.00. The third kappa shape index (κ3) is 3.84. The van der Waals surface area contributed by atoms with Gasteiger partial charge in [-0.05, 0) is 23.8 Å². The van der Waals surface area contributed by atoms with Gasteiger partial charge in [0.05, 0.1) is 0 Å². The van der Waals surface area contributed by atoms with Crippen molar-refractivity contribution in [2.45, 2.75) is 6.29 Å². The Morgan fingerprint density at radius 3 is 2.40 bits per heavy atom. The van der Waals surface area contributed by atoms with E-state index in [-0.39, 0.29) is 6.29 Å². The lowest BCUT2D eigenvalue weighted by Gasteiger charge is -2.07. The third-order valence-electron chi connectivity index (χ3n) is 1.86. The van der Waals surface area contributed by atoms with Crippen molar-refractivity contribution in [1.82, 2.24) is 0 Å². The second-order valence-corrected chi connectivity index (χ2v) is 3.71. The Kier molecular flexibility index (Phi) is 5.12. The van der Waals surface area contributed by atoms with E-state index < -0.39 is 0 Å². The summed E-state index contributed by atoms with van der Waals surface area (Å²) >= 11 is 11.8. The topological polar surface area (TPSA) is 18.5 Å². The van der Waals surface area contributed by atoms with Gasteiger partial charge in [0.1, 0.15) is 0 Å². The van der Waals surface area contributed by atoms with Crippen LogP contribution in [0.5, 0.6) is 0 Å². The molecular formula is C11H12Cl2O2. The van der Waals surface area contributed by atoms with Crippen LogP contribution in [0.3, 0.4) is 0 Å². The first-order chi connectivity index (χ1) is 7.17. The van der Waals surface area contributed by atoms with E-state index in [4.69, 9.17) is 32.7 Å². The fourth-order valence-corrected chi connectivity index (χ4v) is 1.54. The fourth-order valence-electron chi connectivity index (χ4n) is 1.07. The molecule has 0 aliphatic rings. The van der Waals surface area contributed by atoms with Crippen molar-refractivity contribution in [3.05, 3.63) is 39.9 Å². The van der Waals surface area contributed by atoms with Crippen molar-refractivity contribution >= 4 is 29.3 Å². The summed E-state index contributed by atoms with van der Waals surface area (Å²) in [4.78, 5) is 0. The molecule has 1 aromatic rings. The molecular weight excluding hydrogens is 235 g/mol. The van der Waals surface area contributed by atoms with Gasteiger partial charge in [-0.25, -0.2) is 0 Å². The minimum atomic E-state index is -0.364. The van der Waals surface area contributed by atoms with Crippen LogP contribution >= 0.6 is 23.2 Å². The summed E-state index contributed by atoms with van der Waals surface area (Å²) in [5.41, 5.74) is 0.875. The first-order valence-corrected chi connectivity index (χ1v) is 5.12. The molecule has 0 N–H and O–H groups in total.